The van der Waals surface area contributed by atoms with Crippen molar-refractivity contribution in [2.24, 2.45) is 0 Å². The Morgan fingerprint density at radius 3 is 2.50 bits per heavy atom. The van der Waals surface area contributed by atoms with Gasteiger partial charge in [-0.15, -0.1) is 0 Å². The first-order valence-corrected chi connectivity index (χ1v) is 6.45. The fourth-order valence-electron chi connectivity index (χ4n) is 1.71. The summed E-state index contributed by atoms with van der Waals surface area (Å²) in [6, 6.07) is 16.0. The Balaban J connectivity index is 1.97. The van der Waals surface area contributed by atoms with Gasteiger partial charge in [0.15, 0.2) is 6.61 Å². The summed E-state index contributed by atoms with van der Waals surface area (Å²) in [4.78, 5) is 12.0. The number of carbonyl (C=O) groups excluding carboxylic acids is 1. The standard InChI is InChI=1S/C16H12ClNO2/c17-15-4-2-1-3-14(15)16(19)11-20-13-7-5-12(6-8-13)9-10-18/h1-8H,9,11H2. The molecular weight excluding hydrogens is 274 g/mol. The minimum Gasteiger partial charge on any atom is -0.485 e. The number of nitrogens with zero attached hydrogens (tertiary/aromatic N) is 1. The highest BCUT2D eigenvalue weighted by atomic mass is 35.5. The van der Waals surface area contributed by atoms with E-state index in [1.807, 2.05) is 0 Å². The van der Waals surface area contributed by atoms with E-state index in [0.29, 0.717) is 22.8 Å². The average Bonchev–Trinajstić information content (AvgIpc) is 2.47. The Kier molecular flexibility index (Phi) is 4.75. The van der Waals surface area contributed by atoms with E-state index in [0.717, 1.165) is 5.56 Å². The predicted octanol–water partition coefficient (Wildman–Crippen LogP) is 3.67. The molecule has 0 saturated heterocycles. The van der Waals surface area contributed by atoms with Crippen molar-refractivity contribution >= 4 is 17.4 Å². The molecular formula is C16H12ClNO2. The quantitative estimate of drug-likeness (QED) is 0.788. The van der Waals surface area contributed by atoms with E-state index in [4.69, 9.17) is 21.6 Å². The van der Waals surface area contributed by atoms with Crippen LogP contribution in [0.2, 0.25) is 5.02 Å². The third kappa shape index (κ3) is 3.59. The SMILES string of the molecule is N#CCc1ccc(OCC(=O)c2ccccc2Cl)cc1. The van der Waals surface area contributed by atoms with Crippen LogP contribution in [-0.4, -0.2) is 12.4 Å². The van der Waals surface area contributed by atoms with Gasteiger partial charge in [0.2, 0.25) is 5.78 Å². The number of rotatable bonds is 5. The molecule has 2 aromatic carbocycles. The molecule has 0 heterocycles. The third-order valence-electron chi connectivity index (χ3n) is 2.75. The van der Waals surface area contributed by atoms with Crippen molar-refractivity contribution in [3.8, 4) is 11.8 Å². The maximum absolute atomic E-state index is 12.0. The number of ketones is 1. The van der Waals surface area contributed by atoms with Gasteiger partial charge in [0.25, 0.3) is 0 Å². The Labute approximate surface area is 122 Å². The van der Waals surface area contributed by atoms with Crippen LogP contribution >= 0.6 is 11.6 Å². The van der Waals surface area contributed by atoms with Gasteiger partial charge in [0.1, 0.15) is 5.75 Å². The van der Waals surface area contributed by atoms with E-state index in [1.165, 1.54) is 0 Å². The molecule has 4 heteroatoms. The summed E-state index contributed by atoms with van der Waals surface area (Å²) < 4.78 is 5.42. The number of hydrogen-bond acceptors (Lipinski definition) is 3. The van der Waals surface area contributed by atoms with E-state index in [-0.39, 0.29) is 12.4 Å². The average molecular weight is 286 g/mol. The lowest BCUT2D eigenvalue weighted by Gasteiger charge is -2.07. The van der Waals surface area contributed by atoms with Gasteiger partial charge in [-0.1, -0.05) is 35.9 Å². The van der Waals surface area contributed by atoms with Crippen molar-refractivity contribution in [1.82, 2.24) is 0 Å². The van der Waals surface area contributed by atoms with E-state index in [1.54, 1.807) is 48.5 Å². The topological polar surface area (TPSA) is 50.1 Å². The first-order chi connectivity index (χ1) is 9.70. The Morgan fingerprint density at radius 2 is 1.85 bits per heavy atom. The first-order valence-electron chi connectivity index (χ1n) is 6.07. The number of ether oxygens (including phenoxy) is 1. The third-order valence-corrected chi connectivity index (χ3v) is 3.08. The van der Waals surface area contributed by atoms with Gasteiger partial charge in [-0.3, -0.25) is 4.79 Å². The van der Waals surface area contributed by atoms with Gasteiger partial charge in [-0.2, -0.15) is 5.26 Å². The fraction of sp³-hybridized carbons (Fsp3) is 0.125. The van der Waals surface area contributed by atoms with Crippen LogP contribution in [0.25, 0.3) is 0 Å². The molecule has 0 radical (unpaired) electrons. The first kappa shape index (κ1) is 14.1. The lowest BCUT2D eigenvalue weighted by molar-refractivity contribution is 0.0921. The molecule has 0 fully saturated rings. The van der Waals surface area contributed by atoms with Crippen LogP contribution in [0.5, 0.6) is 5.75 Å². The van der Waals surface area contributed by atoms with Crippen LogP contribution in [0.15, 0.2) is 48.5 Å². The lowest BCUT2D eigenvalue weighted by atomic mass is 10.1. The second-order valence-corrected chi connectivity index (χ2v) is 4.58. The molecule has 0 aromatic heterocycles. The predicted molar refractivity (Wildman–Crippen MR) is 77.0 cm³/mol. The number of carbonyl (C=O) groups is 1. The van der Waals surface area contributed by atoms with Crippen LogP contribution in [0.3, 0.4) is 0 Å². The van der Waals surface area contributed by atoms with Crippen LogP contribution in [0.1, 0.15) is 15.9 Å². The number of nitriles is 1. The van der Waals surface area contributed by atoms with Crippen LogP contribution < -0.4 is 4.74 Å². The summed E-state index contributed by atoms with van der Waals surface area (Å²) >= 11 is 5.95. The molecule has 20 heavy (non-hydrogen) atoms. The van der Waals surface area contributed by atoms with Gasteiger partial charge in [0.05, 0.1) is 17.5 Å². The Hall–Kier alpha value is -2.31. The zero-order chi connectivity index (χ0) is 14.4. The summed E-state index contributed by atoms with van der Waals surface area (Å²) in [6.07, 6.45) is 0.360. The maximum Gasteiger partial charge on any atom is 0.201 e. The molecule has 0 aliphatic heterocycles. The van der Waals surface area contributed by atoms with E-state index in [9.17, 15) is 4.79 Å². The number of hydrogen-bond donors (Lipinski definition) is 0. The summed E-state index contributed by atoms with van der Waals surface area (Å²) in [7, 11) is 0. The summed E-state index contributed by atoms with van der Waals surface area (Å²) in [5.74, 6) is 0.420. The molecule has 0 N–H and O–H groups in total. The van der Waals surface area contributed by atoms with E-state index >= 15 is 0 Å². The number of Topliss-reactive ketones (excluding diaryl/α,β-unsaturated/α-hetero) is 1. The van der Waals surface area contributed by atoms with Crippen LogP contribution in [0, 0.1) is 11.3 Å². The minimum atomic E-state index is -0.170. The second-order valence-electron chi connectivity index (χ2n) is 4.17. The highest BCUT2D eigenvalue weighted by molar-refractivity contribution is 6.34. The smallest absolute Gasteiger partial charge is 0.201 e. The summed E-state index contributed by atoms with van der Waals surface area (Å²) in [5, 5.41) is 9.00. The molecule has 0 unspecified atom stereocenters. The molecule has 3 nitrogen and oxygen atoms in total. The Bertz CT molecular complexity index is 644. The number of benzene rings is 2. The van der Waals surface area contributed by atoms with Gasteiger partial charge in [-0.25, -0.2) is 0 Å². The lowest BCUT2D eigenvalue weighted by Crippen LogP contribution is -2.12. The van der Waals surface area contributed by atoms with E-state index < -0.39 is 0 Å². The molecule has 0 aliphatic carbocycles. The van der Waals surface area contributed by atoms with Crippen molar-refractivity contribution in [3.05, 3.63) is 64.7 Å². The molecule has 0 atom stereocenters. The zero-order valence-electron chi connectivity index (χ0n) is 10.7. The van der Waals surface area contributed by atoms with Gasteiger partial charge < -0.3 is 4.74 Å². The minimum absolute atomic E-state index is 0.0681. The van der Waals surface area contributed by atoms with Crippen molar-refractivity contribution in [1.29, 1.82) is 5.26 Å². The van der Waals surface area contributed by atoms with Crippen molar-refractivity contribution in [2.45, 2.75) is 6.42 Å². The van der Waals surface area contributed by atoms with Crippen molar-refractivity contribution < 1.29 is 9.53 Å². The molecule has 0 bridgehead atoms. The highest BCUT2D eigenvalue weighted by Gasteiger charge is 2.10. The van der Waals surface area contributed by atoms with Crippen molar-refractivity contribution in [3.63, 3.8) is 0 Å². The second kappa shape index (κ2) is 6.74. The summed E-state index contributed by atoms with van der Waals surface area (Å²) in [6.45, 7) is -0.0681. The van der Waals surface area contributed by atoms with Crippen LogP contribution in [-0.2, 0) is 6.42 Å². The maximum atomic E-state index is 12.0. The molecule has 2 rings (SSSR count). The fourth-order valence-corrected chi connectivity index (χ4v) is 1.95. The monoisotopic (exact) mass is 285 g/mol. The normalized spacial score (nSPS) is 9.80. The van der Waals surface area contributed by atoms with Gasteiger partial charge in [0, 0.05) is 5.56 Å². The molecule has 0 spiro atoms. The molecule has 0 amide bonds. The zero-order valence-corrected chi connectivity index (χ0v) is 11.4. The highest BCUT2D eigenvalue weighted by Crippen LogP contribution is 2.17. The van der Waals surface area contributed by atoms with Gasteiger partial charge in [-0.05, 0) is 29.8 Å². The molecule has 100 valence electrons. The molecule has 0 aliphatic rings. The molecule has 0 saturated carbocycles. The van der Waals surface area contributed by atoms with Gasteiger partial charge >= 0.3 is 0 Å². The summed E-state index contributed by atoms with van der Waals surface area (Å²) in [5.41, 5.74) is 1.37. The van der Waals surface area contributed by atoms with Crippen LogP contribution in [0.4, 0.5) is 0 Å². The molecule has 2 aromatic rings. The van der Waals surface area contributed by atoms with Crippen molar-refractivity contribution in [2.75, 3.05) is 6.61 Å². The van der Waals surface area contributed by atoms with E-state index in [2.05, 4.69) is 6.07 Å². The largest absolute Gasteiger partial charge is 0.485 e. The number of halogens is 1. The Morgan fingerprint density at radius 1 is 1.15 bits per heavy atom.